The topological polar surface area (TPSA) is 60.9 Å². The lowest BCUT2D eigenvalue weighted by Gasteiger charge is -2.00. The molecule has 0 atom stereocenters. The van der Waals surface area contributed by atoms with Crippen LogP contribution in [0, 0.1) is 0 Å². The van der Waals surface area contributed by atoms with Gasteiger partial charge in [-0.25, -0.2) is 4.79 Å². The average Bonchev–Trinajstić information content (AvgIpc) is 2.97. The number of rotatable bonds is 1. The van der Waals surface area contributed by atoms with Gasteiger partial charge in [0.25, 0.3) is 0 Å². The summed E-state index contributed by atoms with van der Waals surface area (Å²) < 4.78 is 1.21. The normalized spacial score (nSPS) is 10.8. The molecule has 0 saturated heterocycles. The van der Waals surface area contributed by atoms with Gasteiger partial charge < -0.3 is 5.73 Å². The molecule has 0 aliphatic carbocycles. The maximum atomic E-state index is 11.2. The predicted octanol–water partition coefficient (Wildman–Crippen LogP) is 2.69. The van der Waals surface area contributed by atoms with Gasteiger partial charge in [0, 0.05) is 10.3 Å². The van der Waals surface area contributed by atoms with Crippen molar-refractivity contribution in [1.82, 2.24) is 9.78 Å². The number of benzene rings is 1. The monoisotopic (exact) mass is 243 g/mol. The first-order chi connectivity index (χ1) is 8.25. The lowest BCUT2D eigenvalue weighted by atomic mass is 10.1. The van der Waals surface area contributed by atoms with Crippen LogP contribution < -0.4 is 5.73 Å². The summed E-state index contributed by atoms with van der Waals surface area (Å²) in [6.07, 6.45) is 1.64. The number of nitrogens with zero attached hydrogens (tertiary/aromatic N) is 2. The molecule has 17 heavy (non-hydrogen) atoms. The molecule has 2 aromatic heterocycles. The predicted molar refractivity (Wildman–Crippen MR) is 68.0 cm³/mol. The second-order valence-electron chi connectivity index (χ2n) is 3.65. The van der Waals surface area contributed by atoms with Crippen molar-refractivity contribution in [2.45, 2.75) is 0 Å². The van der Waals surface area contributed by atoms with E-state index < -0.39 is 6.03 Å². The minimum Gasteiger partial charge on any atom is -0.350 e. The van der Waals surface area contributed by atoms with E-state index in [9.17, 15) is 4.79 Å². The maximum absolute atomic E-state index is 11.2. The van der Waals surface area contributed by atoms with Crippen molar-refractivity contribution < 1.29 is 4.79 Å². The van der Waals surface area contributed by atoms with Gasteiger partial charge in [0.2, 0.25) is 0 Å². The fourth-order valence-electron chi connectivity index (χ4n) is 1.79. The van der Waals surface area contributed by atoms with Gasteiger partial charge >= 0.3 is 6.03 Å². The zero-order chi connectivity index (χ0) is 11.8. The molecule has 3 aromatic rings. The van der Waals surface area contributed by atoms with E-state index in [1.165, 1.54) is 4.68 Å². The molecule has 1 aromatic carbocycles. The second-order valence-corrected chi connectivity index (χ2v) is 4.59. The molecule has 3 rings (SSSR count). The summed E-state index contributed by atoms with van der Waals surface area (Å²) in [5.74, 6) is 0. The van der Waals surface area contributed by atoms with Gasteiger partial charge in [-0.05, 0) is 23.1 Å². The van der Waals surface area contributed by atoms with Crippen molar-refractivity contribution in [3.8, 4) is 10.4 Å². The van der Waals surface area contributed by atoms with E-state index in [0.29, 0.717) is 0 Å². The van der Waals surface area contributed by atoms with Crippen molar-refractivity contribution in [2.24, 2.45) is 5.73 Å². The minimum absolute atomic E-state index is 0.566. The Bertz CT molecular complexity index is 685. The number of aromatic nitrogens is 2. The summed E-state index contributed by atoms with van der Waals surface area (Å²) in [4.78, 5) is 12.4. The van der Waals surface area contributed by atoms with Crippen molar-refractivity contribution in [2.75, 3.05) is 0 Å². The van der Waals surface area contributed by atoms with E-state index in [0.717, 1.165) is 21.3 Å². The first-order valence-corrected chi connectivity index (χ1v) is 5.95. The Morgan fingerprint density at radius 1 is 1.35 bits per heavy atom. The Morgan fingerprint density at radius 2 is 2.24 bits per heavy atom. The summed E-state index contributed by atoms with van der Waals surface area (Å²) in [5, 5.41) is 6.89. The minimum atomic E-state index is -0.566. The van der Waals surface area contributed by atoms with Crippen LogP contribution in [-0.4, -0.2) is 15.8 Å². The van der Waals surface area contributed by atoms with Crippen LogP contribution in [0.3, 0.4) is 0 Å². The average molecular weight is 243 g/mol. The molecule has 0 bridgehead atoms. The SMILES string of the molecule is NC(=O)n1ncc2ccc(-c3cccs3)cc21. The number of hydrogen-bond donors (Lipinski definition) is 1. The van der Waals surface area contributed by atoms with Crippen molar-refractivity contribution >= 4 is 28.3 Å². The fourth-order valence-corrected chi connectivity index (χ4v) is 2.51. The Morgan fingerprint density at radius 3 is 2.94 bits per heavy atom. The lowest BCUT2D eigenvalue weighted by molar-refractivity contribution is 0.248. The van der Waals surface area contributed by atoms with Gasteiger partial charge in [-0.3, -0.25) is 0 Å². The van der Waals surface area contributed by atoms with Crippen LogP contribution in [0.2, 0.25) is 0 Å². The smallest absolute Gasteiger partial charge is 0.340 e. The number of primary amides is 1. The molecule has 5 heteroatoms. The van der Waals surface area contributed by atoms with Crippen LogP contribution in [0.1, 0.15) is 0 Å². The summed E-state index contributed by atoms with van der Waals surface area (Å²) in [6.45, 7) is 0. The number of hydrogen-bond acceptors (Lipinski definition) is 3. The molecule has 0 aliphatic heterocycles. The van der Waals surface area contributed by atoms with E-state index in [1.807, 2.05) is 35.7 Å². The molecule has 0 radical (unpaired) electrons. The zero-order valence-corrected chi connectivity index (χ0v) is 9.65. The zero-order valence-electron chi connectivity index (χ0n) is 8.83. The molecular weight excluding hydrogens is 234 g/mol. The Labute approximate surface area is 101 Å². The number of thiophene rings is 1. The van der Waals surface area contributed by atoms with Crippen LogP contribution >= 0.6 is 11.3 Å². The van der Waals surface area contributed by atoms with Crippen LogP contribution in [0.5, 0.6) is 0 Å². The second kappa shape index (κ2) is 3.71. The highest BCUT2D eigenvalue weighted by atomic mass is 32.1. The van der Waals surface area contributed by atoms with Gasteiger partial charge in [-0.1, -0.05) is 18.2 Å². The maximum Gasteiger partial charge on any atom is 0.340 e. The molecule has 0 spiro atoms. The van der Waals surface area contributed by atoms with Gasteiger partial charge in [0.15, 0.2) is 0 Å². The van der Waals surface area contributed by atoms with Crippen LogP contribution in [0.25, 0.3) is 21.3 Å². The number of carbonyl (C=O) groups is 1. The van der Waals surface area contributed by atoms with Gasteiger partial charge in [0.05, 0.1) is 11.7 Å². The molecular formula is C12H9N3OS. The molecule has 1 amide bonds. The highest BCUT2D eigenvalue weighted by molar-refractivity contribution is 7.13. The molecule has 0 aliphatic rings. The number of amides is 1. The van der Waals surface area contributed by atoms with Crippen molar-refractivity contribution in [3.05, 3.63) is 41.9 Å². The number of carbonyl (C=O) groups excluding carboxylic acids is 1. The van der Waals surface area contributed by atoms with Crippen LogP contribution in [0.15, 0.2) is 41.9 Å². The molecule has 2 N–H and O–H groups in total. The Balaban J connectivity index is 2.24. The van der Waals surface area contributed by atoms with Gasteiger partial charge in [0.1, 0.15) is 0 Å². The third-order valence-corrected chi connectivity index (χ3v) is 3.50. The van der Waals surface area contributed by atoms with E-state index >= 15 is 0 Å². The fraction of sp³-hybridized carbons (Fsp3) is 0. The largest absolute Gasteiger partial charge is 0.350 e. The third-order valence-electron chi connectivity index (χ3n) is 2.59. The molecule has 0 unspecified atom stereocenters. The van der Waals surface area contributed by atoms with E-state index in [2.05, 4.69) is 5.10 Å². The van der Waals surface area contributed by atoms with E-state index in [-0.39, 0.29) is 0 Å². The van der Waals surface area contributed by atoms with E-state index in [4.69, 9.17) is 5.73 Å². The first-order valence-electron chi connectivity index (χ1n) is 5.07. The highest BCUT2D eigenvalue weighted by Crippen LogP contribution is 2.27. The van der Waals surface area contributed by atoms with Crippen molar-refractivity contribution in [1.29, 1.82) is 0 Å². The summed E-state index contributed by atoms with van der Waals surface area (Å²) in [5.41, 5.74) is 7.06. The van der Waals surface area contributed by atoms with Crippen LogP contribution in [-0.2, 0) is 0 Å². The quantitative estimate of drug-likeness (QED) is 0.714. The molecule has 4 nitrogen and oxygen atoms in total. The van der Waals surface area contributed by atoms with Gasteiger partial charge in [-0.2, -0.15) is 9.78 Å². The Hall–Kier alpha value is -2.14. The molecule has 0 saturated carbocycles. The van der Waals surface area contributed by atoms with Crippen molar-refractivity contribution in [3.63, 3.8) is 0 Å². The Kier molecular flexibility index (Phi) is 2.19. The van der Waals surface area contributed by atoms with Gasteiger partial charge in [-0.15, -0.1) is 11.3 Å². The molecule has 84 valence electrons. The van der Waals surface area contributed by atoms with E-state index in [1.54, 1.807) is 17.5 Å². The third kappa shape index (κ3) is 1.60. The summed E-state index contributed by atoms with van der Waals surface area (Å²) in [7, 11) is 0. The standard InChI is InChI=1S/C12H9N3OS/c13-12(16)15-10-6-8(11-2-1-5-17-11)3-4-9(10)7-14-15/h1-7H,(H2,13,16). The summed E-state index contributed by atoms with van der Waals surface area (Å²) in [6, 6.07) is 9.35. The highest BCUT2D eigenvalue weighted by Gasteiger charge is 2.08. The lowest BCUT2D eigenvalue weighted by Crippen LogP contribution is -2.20. The number of nitrogens with two attached hydrogens (primary N) is 1. The number of fused-ring (bicyclic) bond motifs is 1. The van der Waals surface area contributed by atoms with Crippen LogP contribution in [0.4, 0.5) is 4.79 Å². The first kappa shape index (κ1) is 10.0. The molecule has 2 heterocycles. The summed E-state index contributed by atoms with van der Waals surface area (Å²) >= 11 is 1.66. The molecule has 0 fully saturated rings.